The van der Waals surface area contributed by atoms with Gasteiger partial charge in [0.25, 0.3) is 5.91 Å². The van der Waals surface area contributed by atoms with Crippen molar-refractivity contribution in [3.8, 4) is 0 Å². The molecule has 40 heavy (non-hydrogen) atoms. The number of hydrogen-bond donors (Lipinski definition) is 5. The summed E-state index contributed by atoms with van der Waals surface area (Å²) in [5.74, 6) is -4.63. The largest absolute Gasteiger partial charge is 0.480 e. The number of aryl methyl sites for hydroxylation is 1. The molecule has 1 amide bonds. The number of pyridine rings is 1. The fourth-order valence-electron chi connectivity index (χ4n) is 4.12. The Labute approximate surface area is 227 Å². The van der Waals surface area contributed by atoms with Gasteiger partial charge in [0.05, 0.1) is 15.8 Å². The number of aliphatic carboxylic acids is 1. The minimum Gasteiger partial charge on any atom is -0.480 e. The van der Waals surface area contributed by atoms with Gasteiger partial charge in [-0.3, -0.25) is 30.0 Å². The molecule has 0 fully saturated rings. The van der Waals surface area contributed by atoms with E-state index in [0.29, 0.717) is 6.54 Å². The van der Waals surface area contributed by atoms with Gasteiger partial charge in [-0.15, -0.1) is 0 Å². The van der Waals surface area contributed by atoms with Crippen LogP contribution in [0.1, 0.15) is 22.3 Å². The Balaban J connectivity index is 1.55. The van der Waals surface area contributed by atoms with Crippen molar-refractivity contribution in [1.82, 2.24) is 25.2 Å². The molecule has 212 valence electrons. The molecule has 12 nitrogen and oxygen atoms in total. The standard InChI is InChI=1S/C25H26F2N6O6S/c1-33-13-17(23(35)30-12-19(24(36)37)32-40(38,39)14-6-3-2-4-7-14)22(34)15-10-18(26)16(20(27)21(15)33)11-31-25-28-8-5-9-29-25/h2-4,6-8,10,13,19,25,29,31-32H,5,9,11-12H2,1H3,(H,30,35)(H,36,37). The van der Waals surface area contributed by atoms with Gasteiger partial charge in [-0.25, -0.2) is 17.2 Å². The molecule has 2 unspecified atom stereocenters. The lowest BCUT2D eigenvalue weighted by Crippen LogP contribution is -2.48. The number of hydrogen-bond acceptors (Lipinski definition) is 8. The summed E-state index contributed by atoms with van der Waals surface area (Å²) >= 11 is 0. The predicted molar refractivity (Wildman–Crippen MR) is 141 cm³/mol. The number of carbonyl (C=O) groups is 2. The van der Waals surface area contributed by atoms with Crippen LogP contribution in [-0.4, -0.2) is 61.6 Å². The van der Waals surface area contributed by atoms with Crippen molar-refractivity contribution in [3.63, 3.8) is 0 Å². The van der Waals surface area contributed by atoms with Crippen molar-refractivity contribution in [1.29, 1.82) is 0 Å². The quantitative estimate of drug-likeness (QED) is 0.231. The maximum Gasteiger partial charge on any atom is 0.323 e. The van der Waals surface area contributed by atoms with Crippen molar-refractivity contribution in [2.45, 2.75) is 30.2 Å². The van der Waals surface area contributed by atoms with E-state index >= 15 is 4.39 Å². The highest BCUT2D eigenvalue weighted by molar-refractivity contribution is 7.89. The SMILES string of the molecule is Cn1cc(C(=O)NCC(NS(=O)(=O)c2ccccc2)C(=O)O)c(=O)c2cc(F)c(CNC3N=CCCN3)c(F)c21. The van der Waals surface area contributed by atoms with Gasteiger partial charge in [0.15, 0.2) is 12.1 Å². The number of aromatic nitrogens is 1. The molecule has 15 heteroatoms. The number of nitrogens with zero attached hydrogens (tertiary/aromatic N) is 2. The molecule has 1 aliphatic heterocycles. The second kappa shape index (κ2) is 12.0. The lowest BCUT2D eigenvalue weighted by atomic mass is 10.1. The first-order valence-corrected chi connectivity index (χ1v) is 13.5. The molecular formula is C25H26F2N6O6S. The van der Waals surface area contributed by atoms with Gasteiger partial charge < -0.3 is 15.0 Å². The highest BCUT2D eigenvalue weighted by atomic mass is 32.2. The number of rotatable bonds is 10. The first kappa shape index (κ1) is 28.9. The number of benzene rings is 2. The number of amides is 1. The van der Waals surface area contributed by atoms with E-state index in [4.69, 9.17) is 0 Å². The fraction of sp³-hybridized carbons (Fsp3) is 0.280. The van der Waals surface area contributed by atoms with Crippen molar-refractivity contribution in [3.05, 3.63) is 75.6 Å². The van der Waals surface area contributed by atoms with Gasteiger partial charge in [-0.05, 0) is 24.6 Å². The second-order valence-corrected chi connectivity index (χ2v) is 10.6. The number of carboxylic acids is 1. The number of sulfonamides is 1. The van der Waals surface area contributed by atoms with E-state index in [1.807, 2.05) is 4.72 Å². The van der Waals surface area contributed by atoms with E-state index < -0.39 is 68.8 Å². The van der Waals surface area contributed by atoms with Crippen molar-refractivity contribution in [2.75, 3.05) is 13.1 Å². The van der Waals surface area contributed by atoms with Crippen LogP contribution in [0.2, 0.25) is 0 Å². The first-order chi connectivity index (χ1) is 19.0. The summed E-state index contributed by atoms with van der Waals surface area (Å²) in [7, 11) is -2.88. The fourth-order valence-corrected chi connectivity index (χ4v) is 5.33. The zero-order valence-corrected chi connectivity index (χ0v) is 22.0. The summed E-state index contributed by atoms with van der Waals surface area (Å²) in [6, 6.07) is 6.08. The molecule has 0 aliphatic carbocycles. The van der Waals surface area contributed by atoms with Crippen LogP contribution in [0.25, 0.3) is 10.9 Å². The molecule has 0 radical (unpaired) electrons. The summed E-state index contributed by atoms with van der Waals surface area (Å²) in [4.78, 5) is 41.5. The van der Waals surface area contributed by atoms with E-state index in [-0.39, 0.29) is 22.5 Å². The predicted octanol–water partition coefficient (Wildman–Crippen LogP) is 0.416. The first-order valence-electron chi connectivity index (χ1n) is 12.1. The van der Waals surface area contributed by atoms with E-state index in [9.17, 15) is 32.3 Å². The van der Waals surface area contributed by atoms with Crippen LogP contribution in [0.15, 0.2) is 57.3 Å². The van der Waals surface area contributed by atoms with E-state index in [1.165, 1.54) is 31.3 Å². The summed E-state index contributed by atoms with van der Waals surface area (Å²) in [6.45, 7) is -0.295. The number of carbonyl (C=O) groups excluding carboxylic acids is 1. The molecule has 0 saturated heterocycles. The second-order valence-electron chi connectivity index (χ2n) is 8.92. The highest BCUT2D eigenvalue weighted by Gasteiger charge is 2.27. The normalized spacial score (nSPS) is 16.1. The van der Waals surface area contributed by atoms with Crippen LogP contribution in [0.4, 0.5) is 8.78 Å². The van der Waals surface area contributed by atoms with Crippen LogP contribution in [0.3, 0.4) is 0 Å². The molecule has 2 heterocycles. The van der Waals surface area contributed by atoms with Gasteiger partial charge in [-0.2, -0.15) is 4.72 Å². The molecule has 0 spiro atoms. The minimum absolute atomic E-state index is 0.183. The highest BCUT2D eigenvalue weighted by Crippen LogP contribution is 2.23. The van der Waals surface area contributed by atoms with Crippen LogP contribution in [0, 0.1) is 11.6 Å². The summed E-state index contributed by atoms with van der Waals surface area (Å²) in [5.41, 5.74) is -2.06. The van der Waals surface area contributed by atoms with Crippen LogP contribution in [0.5, 0.6) is 0 Å². The van der Waals surface area contributed by atoms with Crippen molar-refractivity contribution >= 4 is 39.0 Å². The molecule has 0 bridgehead atoms. The molecule has 4 rings (SSSR count). The van der Waals surface area contributed by atoms with Crippen molar-refractivity contribution in [2.24, 2.45) is 12.0 Å². The zero-order valence-electron chi connectivity index (χ0n) is 21.1. The van der Waals surface area contributed by atoms with E-state index in [0.717, 1.165) is 23.3 Å². The Morgan fingerprint density at radius 3 is 2.62 bits per heavy atom. The summed E-state index contributed by atoms with van der Waals surface area (Å²) < 4.78 is 58.4. The monoisotopic (exact) mass is 576 g/mol. The van der Waals surface area contributed by atoms with Gasteiger partial charge in [0, 0.05) is 44.7 Å². The Morgan fingerprint density at radius 2 is 1.98 bits per heavy atom. The number of aliphatic imine (C=N–C) groups is 1. The molecule has 1 aliphatic rings. The Bertz CT molecular complexity index is 1650. The average Bonchev–Trinajstić information content (AvgIpc) is 2.93. The lowest BCUT2D eigenvalue weighted by Gasteiger charge is -2.20. The molecular weight excluding hydrogens is 550 g/mol. The Morgan fingerprint density at radius 1 is 1.25 bits per heavy atom. The minimum atomic E-state index is -4.23. The molecule has 0 saturated carbocycles. The number of nitrogens with one attached hydrogen (secondary N) is 4. The van der Waals surface area contributed by atoms with Gasteiger partial charge in [0.1, 0.15) is 17.4 Å². The summed E-state index contributed by atoms with van der Waals surface area (Å²) in [5, 5.41) is 17.2. The Kier molecular flexibility index (Phi) is 8.68. The van der Waals surface area contributed by atoms with Crippen LogP contribution >= 0.6 is 0 Å². The smallest absolute Gasteiger partial charge is 0.323 e. The number of fused-ring (bicyclic) bond motifs is 1. The molecule has 1 aromatic heterocycles. The molecule has 3 aromatic rings. The third-order valence-electron chi connectivity index (χ3n) is 6.15. The maximum atomic E-state index is 15.4. The lowest BCUT2D eigenvalue weighted by molar-refractivity contribution is -0.138. The van der Waals surface area contributed by atoms with Crippen molar-refractivity contribution < 1.29 is 31.9 Å². The van der Waals surface area contributed by atoms with Gasteiger partial charge >= 0.3 is 5.97 Å². The van der Waals surface area contributed by atoms with E-state index in [1.54, 1.807) is 12.3 Å². The molecule has 2 aromatic carbocycles. The number of halogens is 2. The van der Waals surface area contributed by atoms with E-state index in [2.05, 4.69) is 20.9 Å². The third-order valence-corrected chi connectivity index (χ3v) is 7.64. The molecule has 5 N–H and O–H groups in total. The van der Waals surface area contributed by atoms with Crippen LogP contribution < -0.4 is 26.1 Å². The zero-order chi connectivity index (χ0) is 29.0. The summed E-state index contributed by atoms with van der Waals surface area (Å²) in [6.07, 6.45) is 2.93. The maximum absolute atomic E-state index is 15.4. The van der Waals surface area contributed by atoms with Crippen LogP contribution in [-0.2, 0) is 28.4 Å². The number of carboxylic acid groups (broad SMARTS) is 1. The third kappa shape index (κ3) is 6.22. The topological polar surface area (TPSA) is 171 Å². The Hall–Kier alpha value is -4.05. The van der Waals surface area contributed by atoms with Gasteiger partial charge in [-0.1, -0.05) is 18.2 Å². The van der Waals surface area contributed by atoms with Gasteiger partial charge in [0.2, 0.25) is 15.5 Å². The average molecular weight is 577 g/mol. The molecule has 2 atom stereocenters.